The van der Waals surface area contributed by atoms with Crippen molar-refractivity contribution in [3.63, 3.8) is 0 Å². The second-order valence-electron chi connectivity index (χ2n) is 3.78. The summed E-state index contributed by atoms with van der Waals surface area (Å²) >= 11 is 0. The fraction of sp³-hybridized carbons (Fsp3) is 0.133. The second-order valence-corrected chi connectivity index (χ2v) is 3.78. The van der Waals surface area contributed by atoms with Crippen LogP contribution in [0.15, 0.2) is 60.7 Å². The number of nitrogens with one attached hydrogen (secondary N) is 1. The fourth-order valence-corrected chi connectivity index (χ4v) is 1.59. The molecule has 0 fully saturated rings. The van der Waals surface area contributed by atoms with E-state index in [2.05, 4.69) is 12.1 Å². The number of ether oxygens (including phenoxy) is 1. The summed E-state index contributed by atoms with van der Waals surface area (Å²) < 4.78 is 5.42. The molecule has 0 aliphatic carbocycles. The van der Waals surface area contributed by atoms with E-state index in [1.54, 1.807) is 0 Å². The highest BCUT2D eigenvalue weighted by molar-refractivity contribution is 5.91. The summed E-state index contributed by atoms with van der Waals surface area (Å²) in [6.07, 6.45) is 0.829. The van der Waals surface area contributed by atoms with Gasteiger partial charge >= 0.3 is 0 Å². The van der Waals surface area contributed by atoms with Crippen molar-refractivity contribution in [1.29, 1.82) is 5.41 Å². The lowest BCUT2D eigenvalue weighted by atomic mass is 10.2. The molecule has 0 heterocycles. The quantitative estimate of drug-likeness (QED) is 0.628. The normalized spacial score (nSPS) is 9.88. The van der Waals surface area contributed by atoms with E-state index in [0.29, 0.717) is 6.61 Å². The van der Waals surface area contributed by atoms with Gasteiger partial charge in [0.25, 0.3) is 0 Å². The molecule has 2 rings (SSSR count). The van der Waals surface area contributed by atoms with Crippen molar-refractivity contribution >= 4 is 5.90 Å². The number of hydrogen-bond acceptors (Lipinski definition) is 2. The maximum absolute atomic E-state index is 7.77. The van der Waals surface area contributed by atoms with Crippen molar-refractivity contribution in [2.24, 2.45) is 0 Å². The van der Waals surface area contributed by atoms with Crippen molar-refractivity contribution in [2.45, 2.75) is 6.42 Å². The predicted molar refractivity (Wildman–Crippen MR) is 69.4 cm³/mol. The molecule has 0 atom stereocenters. The van der Waals surface area contributed by atoms with E-state index < -0.39 is 0 Å². The standard InChI is InChI=1S/C15H15NO/c16-15(14-9-5-2-6-10-14)17-12-11-13-7-3-1-4-8-13/h1-10,16H,11-12H2. The Morgan fingerprint density at radius 2 is 1.47 bits per heavy atom. The molecule has 2 nitrogen and oxygen atoms in total. The Bertz CT molecular complexity index is 465. The average Bonchev–Trinajstić information content (AvgIpc) is 2.41. The Morgan fingerprint density at radius 1 is 0.882 bits per heavy atom. The lowest BCUT2D eigenvalue weighted by molar-refractivity contribution is 0.307. The summed E-state index contributed by atoms with van der Waals surface area (Å²) in [5.41, 5.74) is 2.05. The third kappa shape index (κ3) is 3.45. The van der Waals surface area contributed by atoms with Crippen molar-refractivity contribution in [1.82, 2.24) is 0 Å². The van der Waals surface area contributed by atoms with Gasteiger partial charge in [-0.25, -0.2) is 0 Å². The van der Waals surface area contributed by atoms with Crippen LogP contribution in [0.4, 0.5) is 0 Å². The predicted octanol–water partition coefficient (Wildman–Crippen LogP) is 3.27. The van der Waals surface area contributed by atoms with Crippen LogP contribution in [0.3, 0.4) is 0 Å². The maximum atomic E-state index is 7.77. The molecule has 0 radical (unpaired) electrons. The van der Waals surface area contributed by atoms with Crippen LogP contribution in [0.2, 0.25) is 0 Å². The highest BCUT2D eigenvalue weighted by Crippen LogP contribution is 2.03. The zero-order chi connectivity index (χ0) is 11.9. The van der Waals surface area contributed by atoms with Gasteiger partial charge in [-0.1, -0.05) is 48.5 Å². The van der Waals surface area contributed by atoms with Crippen LogP contribution in [-0.2, 0) is 11.2 Å². The molecule has 0 aliphatic rings. The van der Waals surface area contributed by atoms with E-state index in [9.17, 15) is 0 Å². The zero-order valence-electron chi connectivity index (χ0n) is 9.60. The largest absolute Gasteiger partial charge is 0.477 e. The third-order valence-electron chi connectivity index (χ3n) is 2.52. The summed E-state index contributed by atoms with van der Waals surface area (Å²) in [4.78, 5) is 0. The Kier molecular flexibility index (Phi) is 3.92. The first-order chi connectivity index (χ1) is 8.36. The van der Waals surface area contributed by atoms with Crippen molar-refractivity contribution in [3.8, 4) is 0 Å². The molecule has 2 heteroatoms. The molecular weight excluding hydrogens is 210 g/mol. The number of rotatable bonds is 4. The Labute approximate surface area is 101 Å². The van der Waals surface area contributed by atoms with Crippen LogP contribution in [-0.4, -0.2) is 12.5 Å². The number of benzene rings is 2. The maximum Gasteiger partial charge on any atom is 0.213 e. The molecule has 0 amide bonds. The molecule has 0 spiro atoms. The van der Waals surface area contributed by atoms with Crippen LogP contribution in [0.5, 0.6) is 0 Å². The summed E-state index contributed by atoms with van der Waals surface area (Å²) in [5, 5.41) is 7.77. The minimum absolute atomic E-state index is 0.238. The molecule has 17 heavy (non-hydrogen) atoms. The van der Waals surface area contributed by atoms with Gasteiger partial charge in [0, 0.05) is 12.0 Å². The van der Waals surface area contributed by atoms with E-state index in [1.807, 2.05) is 48.5 Å². The fourth-order valence-electron chi connectivity index (χ4n) is 1.59. The van der Waals surface area contributed by atoms with E-state index in [-0.39, 0.29) is 5.90 Å². The van der Waals surface area contributed by atoms with E-state index in [0.717, 1.165) is 12.0 Å². The minimum Gasteiger partial charge on any atom is -0.477 e. The summed E-state index contributed by atoms with van der Waals surface area (Å²) in [7, 11) is 0. The zero-order valence-corrected chi connectivity index (χ0v) is 9.60. The van der Waals surface area contributed by atoms with E-state index >= 15 is 0 Å². The van der Waals surface area contributed by atoms with E-state index in [1.165, 1.54) is 5.56 Å². The van der Waals surface area contributed by atoms with Crippen molar-refractivity contribution in [3.05, 3.63) is 71.8 Å². The Hall–Kier alpha value is -2.09. The average molecular weight is 225 g/mol. The van der Waals surface area contributed by atoms with Gasteiger partial charge in [-0.05, 0) is 17.7 Å². The molecule has 0 bridgehead atoms. The topological polar surface area (TPSA) is 33.1 Å². The smallest absolute Gasteiger partial charge is 0.213 e. The van der Waals surface area contributed by atoms with Gasteiger partial charge in [0.05, 0.1) is 6.61 Å². The third-order valence-corrected chi connectivity index (χ3v) is 2.52. The number of hydrogen-bond donors (Lipinski definition) is 1. The van der Waals surface area contributed by atoms with Crippen LogP contribution in [0.1, 0.15) is 11.1 Å². The molecule has 0 aliphatic heterocycles. The highest BCUT2D eigenvalue weighted by atomic mass is 16.5. The van der Waals surface area contributed by atoms with Gasteiger partial charge in [-0.2, -0.15) is 0 Å². The first kappa shape index (κ1) is 11.4. The highest BCUT2D eigenvalue weighted by Gasteiger charge is 2.01. The molecule has 0 saturated carbocycles. The van der Waals surface area contributed by atoms with Crippen LogP contribution < -0.4 is 0 Å². The Balaban J connectivity index is 1.82. The van der Waals surface area contributed by atoms with Gasteiger partial charge in [0.15, 0.2) is 0 Å². The lowest BCUT2D eigenvalue weighted by Gasteiger charge is -2.07. The Morgan fingerprint density at radius 3 is 2.12 bits per heavy atom. The van der Waals surface area contributed by atoms with E-state index in [4.69, 9.17) is 10.1 Å². The molecule has 0 unspecified atom stereocenters. The van der Waals surface area contributed by atoms with Crippen LogP contribution >= 0.6 is 0 Å². The molecule has 86 valence electrons. The van der Waals surface area contributed by atoms with Crippen LogP contribution in [0.25, 0.3) is 0 Å². The van der Waals surface area contributed by atoms with Gasteiger partial charge in [0.1, 0.15) is 0 Å². The first-order valence-corrected chi connectivity index (χ1v) is 5.67. The minimum atomic E-state index is 0.238. The lowest BCUT2D eigenvalue weighted by Crippen LogP contribution is -2.07. The SMILES string of the molecule is N=C(OCCc1ccccc1)c1ccccc1. The second kappa shape index (κ2) is 5.85. The van der Waals surface area contributed by atoms with Gasteiger partial charge in [-0.15, -0.1) is 0 Å². The summed E-state index contributed by atoms with van der Waals surface area (Å²) in [5.74, 6) is 0.238. The summed E-state index contributed by atoms with van der Waals surface area (Å²) in [6, 6.07) is 19.7. The van der Waals surface area contributed by atoms with Gasteiger partial charge in [0.2, 0.25) is 5.90 Å². The molecule has 0 saturated heterocycles. The first-order valence-electron chi connectivity index (χ1n) is 5.67. The molecule has 1 N–H and O–H groups in total. The van der Waals surface area contributed by atoms with Crippen molar-refractivity contribution in [2.75, 3.05) is 6.61 Å². The van der Waals surface area contributed by atoms with Gasteiger partial charge < -0.3 is 4.74 Å². The molecule has 0 aromatic heterocycles. The van der Waals surface area contributed by atoms with Gasteiger partial charge in [-0.3, -0.25) is 5.41 Å². The summed E-state index contributed by atoms with van der Waals surface area (Å²) in [6.45, 7) is 0.539. The molecule has 2 aromatic carbocycles. The molecular formula is C15H15NO. The molecule has 2 aromatic rings. The monoisotopic (exact) mass is 225 g/mol. The van der Waals surface area contributed by atoms with Crippen LogP contribution in [0, 0.1) is 5.41 Å². The van der Waals surface area contributed by atoms with Crippen molar-refractivity contribution < 1.29 is 4.74 Å².